The molecule has 1 saturated heterocycles. The van der Waals surface area contributed by atoms with Crippen molar-refractivity contribution < 1.29 is 9.72 Å². The van der Waals surface area contributed by atoms with Gasteiger partial charge in [-0.05, 0) is 32.7 Å². The molecule has 1 aromatic rings. The number of aryl methyl sites for hydroxylation is 1. The van der Waals surface area contributed by atoms with Crippen molar-refractivity contribution in [2.45, 2.75) is 26.3 Å². The molecule has 2 heterocycles. The van der Waals surface area contributed by atoms with E-state index in [1.54, 1.807) is 4.90 Å². The number of nitrogens with two attached hydrogens (primary N) is 1. The zero-order valence-corrected chi connectivity index (χ0v) is 10.9. The highest BCUT2D eigenvalue weighted by atomic mass is 16.6. The van der Waals surface area contributed by atoms with Crippen molar-refractivity contribution in [2.75, 3.05) is 13.1 Å². The molecule has 2 rings (SSSR count). The van der Waals surface area contributed by atoms with Crippen LogP contribution in [0.4, 0.5) is 5.69 Å². The predicted molar refractivity (Wildman–Crippen MR) is 67.6 cm³/mol. The molecule has 2 atom stereocenters. The molecule has 0 bridgehead atoms. The lowest BCUT2D eigenvalue weighted by molar-refractivity contribution is -0.385. The minimum Gasteiger partial charge on any atom is -0.334 e. The quantitative estimate of drug-likeness (QED) is 0.608. The van der Waals surface area contributed by atoms with Crippen LogP contribution in [0.5, 0.6) is 0 Å². The number of nitrogens with one attached hydrogen (secondary N) is 1. The third kappa shape index (κ3) is 2.30. The van der Waals surface area contributed by atoms with Crippen LogP contribution in [0.25, 0.3) is 0 Å². The molecule has 0 radical (unpaired) electrons. The van der Waals surface area contributed by atoms with Crippen LogP contribution >= 0.6 is 0 Å². The largest absolute Gasteiger partial charge is 0.334 e. The fourth-order valence-electron chi connectivity index (χ4n) is 2.53. The van der Waals surface area contributed by atoms with Gasteiger partial charge in [-0.25, -0.2) is 0 Å². The molecular weight excluding hydrogens is 250 g/mol. The summed E-state index contributed by atoms with van der Waals surface area (Å²) < 4.78 is 0. The SMILES string of the molecule is Cc1[nH]nc(C(=O)N2CC(CN)CC2C)c1[N+](=O)[O-]. The average molecular weight is 267 g/mol. The summed E-state index contributed by atoms with van der Waals surface area (Å²) in [6.07, 6.45) is 0.819. The van der Waals surface area contributed by atoms with Crippen LogP contribution in [0.1, 0.15) is 29.5 Å². The van der Waals surface area contributed by atoms with E-state index in [4.69, 9.17) is 5.73 Å². The molecule has 1 aliphatic rings. The van der Waals surface area contributed by atoms with E-state index in [0.717, 1.165) is 6.42 Å². The summed E-state index contributed by atoms with van der Waals surface area (Å²) in [6.45, 7) is 4.48. The Labute approximate surface area is 110 Å². The van der Waals surface area contributed by atoms with E-state index in [2.05, 4.69) is 10.2 Å². The summed E-state index contributed by atoms with van der Waals surface area (Å²) in [5.41, 5.74) is 5.54. The molecule has 104 valence electrons. The maximum absolute atomic E-state index is 12.4. The molecule has 2 unspecified atom stereocenters. The number of amides is 1. The molecule has 0 aliphatic carbocycles. The van der Waals surface area contributed by atoms with Crippen LogP contribution in [-0.4, -0.2) is 45.1 Å². The first-order chi connectivity index (χ1) is 8.95. The normalized spacial score (nSPS) is 22.8. The Bertz CT molecular complexity index is 512. The van der Waals surface area contributed by atoms with Gasteiger partial charge in [-0.15, -0.1) is 0 Å². The lowest BCUT2D eigenvalue weighted by Crippen LogP contribution is -2.35. The van der Waals surface area contributed by atoms with Crippen LogP contribution in [0.2, 0.25) is 0 Å². The van der Waals surface area contributed by atoms with E-state index >= 15 is 0 Å². The highest BCUT2D eigenvalue weighted by molar-refractivity contribution is 5.96. The van der Waals surface area contributed by atoms with Gasteiger partial charge in [0.1, 0.15) is 5.69 Å². The van der Waals surface area contributed by atoms with Crippen molar-refractivity contribution in [2.24, 2.45) is 11.7 Å². The van der Waals surface area contributed by atoms with Gasteiger partial charge >= 0.3 is 5.69 Å². The Balaban J connectivity index is 2.28. The van der Waals surface area contributed by atoms with E-state index in [1.807, 2.05) is 6.92 Å². The number of rotatable bonds is 3. The second kappa shape index (κ2) is 4.96. The third-order valence-corrected chi connectivity index (χ3v) is 3.56. The van der Waals surface area contributed by atoms with Crippen LogP contribution in [-0.2, 0) is 0 Å². The molecule has 8 heteroatoms. The van der Waals surface area contributed by atoms with Crippen LogP contribution < -0.4 is 5.73 Å². The van der Waals surface area contributed by atoms with E-state index in [0.29, 0.717) is 13.1 Å². The minimum absolute atomic E-state index is 0.0256. The fraction of sp³-hybridized carbons (Fsp3) is 0.636. The van der Waals surface area contributed by atoms with Gasteiger partial charge in [-0.1, -0.05) is 0 Å². The smallest absolute Gasteiger partial charge is 0.322 e. The molecule has 1 amide bonds. The number of hydrogen-bond donors (Lipinski definition) is 2. The number of aromatic amines is 1. The third-order valence-electron chi connectivity index (χ3n) is 3.56. The molecule has 1 fully saturated rings. The number of carbonyl (C=O) groups is 1. The van der Waals surface area contributed by atoms with Gasteiger partial charge in [0.25, 0.3) is 5.91 Å². The fourth-order valence-corrected chi connectivity index (χ4v) is 2.53. The van der Waals surface area contributed by atoms with Crippen molar-refractivity contribution in [3.63, 3.8) is 0 Å². The molecule has 1 aliphatic heterocycles. The van der Waals surface area contributed by atoms with Gasteiger partial charge < -0.3 is 10.6 Å². The topological polar surface area (TPSA) is 118 Å². The van der Waals surface area contributed by atoms with E-state index < -0.39 is 10.8 Å². The van der Waals surface area contributed by atoms with Gasteiger partial charge in [0, 0.05) is 12.6 Å². The zero-order valence-electron chi connectivity index (χ0n) is 10.9. The summed E-state index contributed by atoms with van der Waals surface area (Å²) >= 11 is 0. The monoisotopic (exact) mass is 267 g/mol. The predicted octanol–water partition coefficient (Wildman–Crippen LogP) is 0.436. The number of aromatic nitrogens is 2. The standard InChI is InChI=1S/C11H17N5O3/c1-6-3-8(4-12)5-15(6)11(17)9-10(16(18)19)7(2)13-14-9/h6,8H,3-5,12H2,1-2H3,(H,13,14). The second-order valence-electron chi connectivity index (χ2n) is 4.95. The lowest BCUT2D eigenvalue weighted by atomic mass is 10.1. The number of likely N-dealkylation sites (tertiary alicyclic amines) is 1. The summed E-state index contributed by atoms with van der Waals surface area (Å²) in [4.78, 5) is 24.4. The van der Waals surface area contributed by atoms with Crippen molar-refractivity contribution in [1.29, 1.82) is 0 Å². The number of nitro groups is 1. The highest BCUT2D eigenvalue weighted by Crippen LogP contribution is 2.27. The Morgan fingerprint density at radius 3 is 2.89 bits per heavy atom. The van der Waals surface area contributed by atoms with E-state index in [-0.39, 0.29) is 29.0 Å². The van der Waals surface area contributed by atoms with Gasteiger partial charge in [-0.3, -0.25) is 20.0 Å². The van der Waals surface area contributed by atoms with Crippen molar-refractivity contribution >= 4 is 11.6 Å². The second-order valence-corrected chi connectivity index (χ2v) is 4.95. The average Bonchev–Trinajstić information content (AvgIpc) is 2.91. The van der Waals surface area contributed by atoms with Gasteiger partial charge in [0.05, 0.1) is 4.92 Å². The number of H-pyrrole nitrogens is 1. The van der Waals surface area contributed by atoms with Crippen molar-refractivity contribution in [3.05, 3.63) is 21.5 Å². The maximum Gasteiger partial charge on any atom is 0.322 e. The Morgan fingerprint density at radius 1 is 1.68 bits per heavy atom. The summed E-state index contributed by atoms with van der Waals surface area (Å²) in [6, 6.07) is 0.0256. The first-order valence-corrected chi connectivity index (χ1v) is 6.16. The minimum atomic E-state index is -0.576. The first kappa shape index (κ1) is 13.5. The molecular formula is C11H17N5O3. The molecule has 19 heavy (non-hydrogen) atoms. The molecule has 8 nitrogen and oxygen atoms in total. The zero-order chi connectivity index (χ0) is 14.2. The Morgan fingerprint density at radius 2 is 2.37 bits per heavy atom. The molecule has 0 saturated carbocycles. The molecule has 0 spiro atoms. The summed E-state index contributed by atoms with van der Waals surface area (Å²) in [5, 5.41) is 17.3. The van der Waals surface area contributed by atoms with Crippen molar-refractivity contribution in [1.82, 2.24) is 15.1 Å². The molecule has 3 N–H and O–H groups in total. The summed E-state index contributed by atoms with van der Waals surface area (Å²) in [7, 11) is 0. The van der Waals surface area contributed by atoms with E-state index in [9.17, 15) is 14.9 Å². The first-order valence-electron chi connectivity index (χ1n) is 6.16. The summed E-state index contributed by atoms with van der Waals surface area (Å²) in [5.74, 6) is -0.155. The van der Waals surface area contributed by atoms with Crippen molar-refractivity contribution in [3.8, 4) is 0 Å². The van der Waals surface area contributed by atoms with Gasteiger partial charge in [0.2, 0.25) is 5.69 Å². The molecule has 1 aromatic heterocycles. The van der Waals surface area contributed by atoms with Gasteiger partial charge in [-0.2, -0.15) is 5.10 Å². The lowest BCUT2D eigenvalue weighted by Gasteiger charge is -2.19. The number of hydrogen-bond acceptors (Lipinski definition) is 5. The van der Waals surface area contributed by atoms with Gasteiger partial charge in [0.15, 0.2) is 0 Å². The molecule has 0 aromatic carbocycles. The van der Waals surface area contributed by atoms with E-state index in [1.165, 1.54) is 6.92 Å². The highest BCUT2D eigenvalue weighted by Gasteiger charge is 2.37. The van der Waals surface area contributed by atoms with Crippen LogP contribution in [0, 0.1) is 23.0 Å². The van der Waals surface area contributed by atoms with Crippen LogP contribution in [0.15, 0.2) is 0 Å². The van der Waals surface area contributed by atoms with Crippen LogP contribution in [0.3, 0.4) is 0 Å². The Kier molecular flexibility index (Phi) is 3.52. The number of nitrogens with zero attached hydrogens (tertiary/aromatic N) is 3. The maximum atomic E-state index is 12.4. The number of carbonyl (C=O) groups excluding carboxylic acids is 1. The Hall–Kier alpha value is -1.96.